The summed E-state index contributed by atoms with van der Waals surface area (Å²) in [6.07, 6.45) is 0.808. The standard InChI is InChI=1S/C14H17BrN2O2/c1-8-6-13(15)11-4-5-17(10(3)19)7-12(11)14(8)16-9(2)18/h6H,4-5,7H2,1-3H3,(H,16,18). The predicted octanol–water partition coefficient (Wildman–Crippen LogP) is 2.62. The number of benzene rings is 1. The van der Waals surface area contributed by atoms with Gasteiger partial charge in [0.05, 0.1) is 0 Å². The molecule has 0 saturated heterocycles. The van der Waals surface area contributed by atoms with Crippen molar-refractivity contribution in [2.45, 2.75) is 33.7 Å². The van der Waals surface area contributed by atoms with E-state index < -0.39 is 0 Å². The van der Waals surface area contributed by atoms with Crippen LogP contribution in [0.4, 0.5) is 5.69 Å². The van der Waals surface area contributed by atoms with Gasteiger partial charge in [0.1, 0.15) is 0 Å². The monoisotopic (exact) mass is 324 g/mol. The number of hydrogen-bond donors (Lipinski definition) is 1. The summed E-state index contributed by atoms with van der Waals surface area (Å²) in [6, 6.07) is 2.02. The van der Waals surface area contributed by atoms with Crippen LogP contribution in [-0.4, -0.2) is 23.3 Å². The minimum absolute atomic E-state index is 0.0667. The lowest BCUT2D eigenvalue weighted by Crippen LogP contribution is -2.35. The van der Waals surface area contributed by atoms with Crippen molar-refractivity contribution in [2.24, 2.45) is 0 Å². The number of halogens is 1. The fraction of sp³-hybridized carbons (Fsp3) is 0.429. The SMILES string of the molecule is CC(=O)Nc1c(C)cc(Br)c2c1CN(C(C)=O)CC2. The Bertz CT molecular complexity index is 555. The van der Waals surface area contributed by atoms with Gasteiger partial charge >= 0.3 is 0 Å². The number of carbonyl (C=O) groups excluding carboxylic acids is 2. The highest BCUT2D eigenvalue weighted by Crippen LogP contribution is 2.35. The molecule has 4 nitrogen and oxygen atoms in total. The fourth-order valence-electron chi connectivity index (χ4n) is 2.46. The average molecular weight is 325 g/mol. The molecule has 1 aromatic carbocycles. The minimum Gasteiger partial charge on any atom is -0.338 e. The van der Waals surface area contributed by atoms with Crippen molar-refractivity contribution in [3.63, 3.8) is 0 Å². The first kappa shape index (κ1) is 14.1. The van der Waals surface area contributed by atoms with E-state index in [0.717, 1.165) is 34.3 Å². The lowest BCUT2D eigenvalue weighted by Gasteiger charge is -2.31. The van der Waals surface area contributed by atoms with Gasteiger partial charge in [-0.05, 0) is 36.1 Å². The number of fused-ring (bicyclic) bond motifs is 1. The molecule has 5 heteroatoms. The number of anilines is 1. The van der Waals surface area contributed by atoms with Crippen LogP contribution in [0.2, 0.25) is 0 Å². The Balaban J connectivity index is 2.50. The van der Waals surface area contributed by atoms with Gasteiger partial charge in [-0.3, -0.25) is 9.59 Å². The lowest BCUT2D eigenvalue weighted by molar-refractivity contribution is -0.129. The highest BCUT2D eigenvalue weighted by molar-refractivity contribution is 9.10. The Labute approximate surface area is 121 Å². The average Bonchev–Trinajstić information content (AvgIpc) is 2.33. The first-order chi connectivity index (χ1) is 8.90. The van der Waals surface area contributed by atoms with Crippen molar-refractivity contribution in [3.8, 4) is 0 Å². The molecule has 1 N–H and O–H groups in total. The molecule has 2 amide bonds. The second kappa shape index (κ2) is 5.33. The smallest absolute Gasteiger partial charge is 0.221 e. The van der Waals surface area contributed by atoms with Gasteiger partial charge in [0.15, 0.2) is 0 Å². The Morgan fingerprint density at radius 3 is 2.58 bits per heavy atom. The molecular formula is C14H17BrN2O2. The first-order valence-corrected chi connectivity index (χ1v) is 7.03. The van der Waals surface area contributed by atoms with Gasteiger partial charge in [-0.2, -0.15) is 0 Å². The van der Waals surface area contributed by atoms with Gasteiger partial charge in [0, 0.05) is 37.1 Å². The van der Waals surface area contributed by atoms with E-state index in [0.29, 0.717) is 6.54 Å². The van der Waals surface area contributed by atoms with Gasteiger partial charge in [-0.1, -0.05) is 15.9 Å². The minimum atomic E-state index is -0.0902. The fourth-order valence-corrected chi connectivity index (χ4v) is 3.24. The zero-order valence-electron chi connectivity index (χ0n) is 11.3. The number of nitrogens with one attached hydrogen (secondary N) is 1. The summed E-state index contributed by atoms with van der Waals surface area (Å²) < 4.78 is 1.05. The Morgan fingerprint density at radius 2 is 2.00 bits per heavy atom. The maximum absolute atomic E-state index is 11.5. The van der Waals surface area contributed by atoms with Gasteiger partial charge in [0.25, 0.3) is 0 Å². The quantitative estimate of drug-likeness (QED) is 0.863. The third kappa shape index (κ3) is 2.81. The summed E-state index contributed by atoms with van der Waals surface area (Å²) in [4.78, 5) is 24.7. The molecule has 0 unspecified atom stereocenters. The Hall–Kier alpha value is -1.36. The van der Waals surface area contributed by atoms with Crippen LogP contribution in [-0.2, 0) is 22.6 Å². The molecule has 0 atom stereocenters. The van der Waals surface area contributed by atoms with Crippen LogP contribution in [0.25, 0.3) is 0 Å². The molecular weight excluding hydrogens is 308 g/mol. The zero-order valence-corrected chi connectivity index (χ0v) is 12.9. The van der Waals surface area contributed by atoms with Crippen molar-refractivity contribution in [1.29, 1.82) is 0 Å². The largest absolute Gasteiger partial charge is 0.338 e. The molecule has 0 fully saturated rings. The van der Waals surface area contributed by atoms with Crippen molar-refractivity contribution in [2.75, 3.05) is 11.9 Å². The summed E-state index contributed by atoms with van der Waals surface area (Å²) in [5, 5.41) is 2.89. The molecule has 0 radical (unpaired) electrons. The maximum Gasteiger partial charge on any atom is 0.221 e. The van der Waals surface area contributed by atoms with E-state index in [1.54, 1.807) is 11.8 Å². The molecule has 1 aliphatic rings. The summed E-state index contributed by atoms with van der Waals surface area (Å²) in [7, 11) is 0. The summed E-state index contributed by atoms with van der Waals surface area (Å²) in [6.45, 7) is 6.32. The van der Waals surface area contributed by atoms with E-state index in [1.165, 1.54) is 12.5 Å². The summed E-state index contributed by atoms with van der Waals surface area (Å²) >= 11 is 3.57. The lowest BCUT2D eigenvalue weighted by atomic mass is 9.95. The van der Waals surface area contributed by atoms with E-state index in [1.807, 2.05) is 13.0 Å². The third-order valence-corrected chi connectivity index (χ3v) is 4.13. The third-order valence-electron chi connectivity index (χ3n) is 3.42. The first-order valence-electron chi connectivity index (χ1n) is 6.24. The maximum atomic E-state index is 11.5. The van der Waals surface area contributed by atoms with Crippen LogP contribution in [0, 0.1) is 6.92 Å². The van der Waals surface area contributed by atoms with Crippen LogP contribution in [0.1, 0.15) is 30.5 Å². The second-order valence-electron chi connectivity index (χ2n) is 4.88. The Kier molecular flexibility index (Phi) is 3.94. The molecule has 0 spiro atoms. The van der Waals surface area contributed by atoms with E-state index in [4.69, 9.17) is 0 Å². The summed E-state index contributed by atoms with van der Waals surface area (Å²) in [5.74, 6) is -0.0235. The van der Waals surface area contributed by atoms with E-state index in [9.17, 15) is 9.59 Å². The highest BCUT2D eigenvalue weighted by atomic mass is 79.9. The topological polar surface area (TPSA) is 49.4 Å². The van der Waals surface area contributed by atoms with Crippen LogP contribution < -0.4 is 5.32 Å². The van der Waals surface area contributed by atoms with Gasteiger partial charge in [-0.25, -0.2) is 0 Å². The van der Waals surface area contributed by atoms with E-state index in [2.05, 4.69) is 21.2 Å². The molecule has 19 heavy (non-hydrogen) atoms. The van der Waals surface area contributed by atoms with E-state index in [-0.39, 0.29) is 11.8 Å². The number of hydrogen-bond acceptors (Lipinski definition) is 2. The van der Waals surface area contributed by atoms with Crippen molar-refractivity contribution >= 4 is 33.4 Å². The molecule has 0 bridgehead atoms. The van der Waals surface area contributed by atoms with Crippen molar-refractivity contribution in [3.05, 3.63) is 27.2 Å². The van der Waals surface area contributed by atoms with Crippen LogP contribution in [0.15, 0.2) is 10.5 Å². The molecule has 1 heterocycles. The number of aryl methyl sites for hydroxylation is 1. The van der Waals surface area contributed by atoms with Crippen molar-refractivity contribution in [1.82, 2.24) is 4.90 Å². The molecule has 1 aromatic rings. The van der Waals surface area contributed by atoms with Gasteiger partial charge < -0.3 is 10.2 Å². The summed E-state index contributed by atoms with van der Waals surface area (Å²) in [5.41, 5.74) is 4.08. The van der Waals surface area contributed by atoms with Crippen LogP contribution >= 0.6 is 15.9 Å². The number of nitrogens with zero attached hydrogens (tertiary/aromatic N) is 1. The predicted molar refractivity (Wildman–Crippen MR) is 78.0 cm³/mol. The van der Waals surface area contributed by atoms with Crippen LogP contribution in [0.3, 0.4) is 0 Å². The molecule has 2 rings (SSSR count). The van der Waals surface area contributed by atoms with Crippen molar-refractivity contribution < 1.29 is 9.59 Å². The molecule has 0 aromatic heterocycles. The molecule has 102 valence electrons. The van der Waals surface area contributed by atoms with E-state index >= 15 is 0 Å². The van der Waals surface area contributed by atoms with Gasteiger partial charge in [-0.15, -0.1) is 0 Å². The molecule has 0 saturated carbocycles. The number of amides is 2. The second-order valence-corrected chi connectivity index (χ2v) is 5.73. The Morgan fingerprint density at radius 1 is 1.32 bits per heavy atom. The molecule has 0 aliphatic carbocycles. The normalized spacial score (nSPS) is 14.0. The number of rotatable bonds is 1. The van der Waals surface area contributed by atoms with Crippen LogP contribution in [0.5, 0.6) is 0 Å². The highest BCUT2D eigenvalue weighted by Gasteiger charge is 2.24. The zero-order chi connectivity index (χ0) is 14.2. The molecule has 1 aliphatic heterocycles. The van der Waals surface area contributed by atoms with Gasteiger partial charge in [0.2, 0.25) is 11.8 Å². The number of carbonyl (C=O) groups is 2.